The van der Waals surface area contributed by atoms with Crippen molar-refractivity contribution in [1.82, 2.24) is 0 Å². The molecule has 7 heteroatoms. The van der Waals surface area contributed by atoms with E-state index in [9.17, 15) is 13.2 Å². The van der Waals surface area contributed by atoms with E-state index in [4.69, 9.17) is 4.18 Å². The Morgan fingerprint density at radius 3 is 2.74 bits per heavy atom. The molecule has 1 rings (SSSR count). The van der Waals surface area contributed by atoms with Gasteiger partial charge in [-0.05, 0) is 30.0 Å². The van der Waals surface area contributed by atoms with Crippen LogP contribution in [0.4, 0.5) is 5.69 Å². The first-order chi connectivity index (χ1) is 8.88. The first-order valence-electron chi connectivity index (χ1n) is 5.58. The molecule has 104 valence electrons. The second-order valence-corrected chi connectivity index (χ2v) is 5.76. The van der Waals surface area contributed by atoms with Crippen molar-refractivity contribution >= 4 is 39.3 Å². The third kappa shape index (κ3) is 4.38. The van der Waals surface area contributed by atoms with Crippen LogP contribution in [0.25, 0.3) is 0 Å². The molecule has 1 aromatic rings. The van der Waals surface area contributed by atoms with Crippen LogP contribution >= 0.6 is 12.2 Å². The summed E-state index contributed by atoms with van der Waals surface area (Å²) in [5.41, 5.74) is 0.895. The van der Waals surface area contributed by atoms with E-state index in [1.807, 2.05) is 0 Å². The van der Waals surface area contributed by atoms with Gasteiger partial charge in [-0.2, -0.15) is 8.42 Å². The lowest BCUT2D eigenvalue weighted by Crippen LogP contribution is -2.12. The Morgan fingerprint density at radius 2 is 2.16 bits per heavy atom. The maximum atomic E-state index is 12.0. The number of hydrogen-bond acceptors (Lipinski definition) is 5. The molecular weight excluding hydrogens is 286 g/mol. The molecule has 0 aliphatic carbocycles. The Hall–Kier alpha value is -1.31. The van der Waals surface area contributed by atoms with E-state index in [2.05, 4.69) is 17.5 Å². The van der Waals surface area contributed by atoms with Crippen molar-refractivity contribution in [2.75, 3.05) is 11.9 Å². The van der Waals surface area contributed by atoms with E-state index in [1.165, 1.54) is 18.4 Å². The van der Waals surface area contributed by atoms with Crippen LogP contribution in [0.5, 0.6) is 0 Å². The molecule has 0 atom stereocenters. The van der Waals surface area contributed by atoms with Crippen molar-refractivity contribution in [3.05, 3.63) is 23.8 Å². The maximum absolute atomic E-state index is 12.0. The van der Waals surface area contributed by atoms with Crippen LogP contribution in [-0.2, 0) is 19.1 Å². The van der Waals surface area contributed by atoms with E-state index >= 15 is 0 Å². The van der Waals surface area contributed by atoms with Crippen molar-refractivity contribution in [3.8, 4) is 0 Å². The van der Waals surface area contributed by atoms with Gasteiger partial charge in [0.15, 0.2) is 0 Å². The monoisotopic (exact) mass is 301 g/mol. The number of anilines is 1. The Kier molecular flexibility index (Phi) is 5.59. The highest BCUT2D eigenvalue weighted by Gasteiger charge is 2.19. The molecule has 0 spiro atoms. The number of hydrogen-bond donors (Lipinski definition) is 1. The first-order valence-corrected chi connectivity index (χ1v) is 7.46. The number of thiocarbonyl (C=S) groups is 1. The minimum absolute atomic E-state index is 0.00956. The molecule has 0 saturated carbocycles. The SMILES string of the molecule is CC(=O)Nc1cccc(S(=O)(=O)OCCC=S)c1C. The van der Waals surface area contributed by atoms with E-state index < -0.39 is 10.1 Å². The predicted octanol–water partition coefficient (Wildman–Crippen LogP) is 2.05. The third-order valence-corrected chi connectivity index (χ3v) is 4.03. The van der Waals surface area contributed by atoms with Gasteiger partial charge in [0.2, 0.25) is 5.91 Å². The van der Waals surface area contributed by atoms with Crippen LogP contribution in [0, 0.1) is 6.92 Å². The highest BCUT2D eigenvalue weighted by Crippen LogP contribution is 2.24. The molecule has 0 heterocycles. The fourth-order valence-corrected chi connectivity index (χ4v) is 2.75. The predicted molar refractivity (Wildman–Crippen MR) is 76.9 cm³/mol. The van der Waals surface area contributed by atoms with E-state index in [-0.39, 0.29) is 17.4 Å². The van der Waals surface area contributed by atoms with Gasteiger partial charge in [0.25, 0.3) is 10.1 Å². The normalized spacial score (nSPS) is 11.1. The second kappa shape index (κ2) is 6.74. The smallest absolute Gasteiger partial charge is 0.297 e. The zero-order valence-corrected chi connectivity index (χ0v) is 12.3. The van der Waals surface area contributed by atoms with Crippen molar-refractivity contribution in [2.45, 2.75) is 25.2 Å². The molecule has 0 saturated heterocycles. The van der Waals surface area contributed by atoms with E-state index in [1.54, 1.807) is 19.1 Å². The summed E-state index contributed by atoms with van der Waals surface area (Å²) in [4.78, 5) is 11.1. The van der Waals surface area contributed by atoms with Gasteiger partial charge in [-0.3, -0.25) is 8.98 Å². The molecule has 0 bridgehead atoms. The number of benzene rings is 1. The standard InChI is InChI=1S/C12H15NO4S2/c1-9-11(13-10(2)14)5-3-6-12(9)19(15,16)17-7-4-8-18/h3,5-6,8H,4,7H2,1-2H3,(H,13,14). The lowest BCUT2D eigenvalue weighted by molar-refractivity contribution is -0.114. The lowest BCUT2D eigenvalue weighted by Gasteiger charge is -2.11. The average Bonchev–Trinajstić information content (AvgIpc) is 2.31. The fourth-order valence-electron chi connectivity index (χ4n) is 1.48. The summed E-state index contributed by atoms with van der Waals surface area (Å²) in [5.74, 6) is -0.265. The van der Waals surface area contributed by atoms with Gasteiger partial charge in [-0.1, -0.05) is 18.3 Å². The molecule has 0 unspecified atom stereocenters. The molecule has 1 aromatic carbocycles. The molecule has 0 radical (unpaired) electrons. The van der Waals surface area contributed by atoms with Crippen molar-refractivity contribution in [2.24, 2.45) is 0 Å². The number of amides is 1. The molecule has 0 aliphatic heterocycles. The molecule has 1 amide bonds. The van der Waals surface area contributed by atoms with Crippen LogP contribution in [0.15, 0.2) is 23.1 Å². The second-order valence-electron chi connectivity index (χ2n) is 3.84. The van der Waals surface area contributed by atoms with Gasteiger partial charge >= 0.3 is 0 Å². The number of carbonyl (C=O) groups is 1. The van der Waals surface area contributed by atoms with Gasteiger partial charge < -0.3 is 5.32 Å². The number of nitrogens with one attached hydrogen (secondary N) is 1. The summed E-state index contributed by atoms with van der Waals surface area (Å²) < 4.78 is 28.8. The fraction of sp³-hybridized carbons (Fsp3) is 0.333. The van der Waals surface area contributed by atoms with Gasteiger partial charge in [0, 0.05) is 19.0 Å². The van der Waals surface area contributed by atoms with Gasteiger partial charge in [-0.25, -0.2) is 0 Å². The van der Waals surface area contributed by atoms with Crippen LogP contribution in [-0.4, -0.2) is 26.3 Å². The summed E-state index contributed by atoms with van der Waals surface area (Å²) >= 11 is 4.60. The minimum Gasteiger partial charge on any atom is -0.326 e. The third-order valence-electron chi connectivity index (χ3n) is 2.34. The van der Waals surface area contributed by atoms with Crippen LogP contribution in [0.3, 0.4) is 0 Å². The van der Waals surface area contributed by atoms with Gasteiger partial charge in [-0.15, -0.1) is 0 Å². The van der Waals surface area contributed by atoms with Crippen molar-refractivity contribution in [3.63, 3.8) is 0 Å². The van der Waals surface area contributed by atoms with Crippen LogP contribution < -0.4 is 5.32 Å². The Labute approximate surface area is 118 Å². The maximum Gasteiger partial charge on any atom is 0.297 e. The molecule has 0 aromatic heterocycles. The number of rotatable bonds is 6. The van der Waals surface area contributed by atoms with Crippen LogP contribution in [0.1, 0.15) is 18.9 Å². The van der Waals surface area contributed by atoms with Crippen molar-refractivity contribution in [1.29, 1.82) is 0 Å². The summed E-state index contributed by atoms with van der Waals surface area (Å²) in [6.07, 6.45) is 0.374. The largest absolute Gasteiger partial charge is 0.326 e. The molecule has 1 N–H and O–H groups in total. The lowest BCUT2D eigenvalue weighted by atomic mass is 10.2. The summed E-state index contributed by atoms with van der Waals surface area (Å²) in [6.45, 7) is 2.98. The summed E-state index contributed by atoms with van der Waals surface area (Å²) in [6, 6.07) is 4.62. The Balaban J connectivity index is 3.06. The summed E-state index contributed by atoms with van der Waals surface area (Å²) in [7, 11) is -3.84. The molecule has 0 aliphatic rings. The topological polar surface area (TPSA) is 72.5 Å². The van der Waals surface area contributed by atoms with Gasteiger partial charge in [0.1, 0.15) is 0 Å². The minimum atomic E-state index is -3.84. The molecular formula is C12H15NO4S2. The zero-order chi connectivity index (χ0) is 14.5. The Morgan fingerprint density at radius 1 is 1.47 bits per heavy atom. The highest BCUT2D eigenvalue weighted by molar-refractivity contribution is 7.86. The quantitative estimate of drug-likeness (QED) is 0.494. The van der Waals surface area contributed by atoms with Gasteiger partial charge in [0.05, 0.1) is 11.5 Å². The number of carbonyl (C=O) groups excluding carboxylic acids is 1. The first kappa shape index (κ1) is 15.7. The Bertz CT molecular complexity index is 581. The van der Waals surface area contributed by atoms with Crippen LogP contribution in [0.2, 0.25) is 0 Å². The molecule has 5 nitrogen and oxygen atoms in total. The zero-order valence-electron chi connectivity index (χ0n) is 10.7. The van der Waals surface area contributed by atoms with E-state index in [0.717, 1.165) is 0 Å². The van der Waals surface area contributed by atoms with E-state index in [0.29, 0.717) is 17.7 Å². The molecule has 0 fully saturated rings. The average molecular weight is 301 g/mol. The molecule has 19 heavy (non-hydrogen) atoms. The summed E-state index contributed by atoms with van der Waals surface area (Å²) in [5, 5.41) is 3.98. The highest BCUT2D eigenvalue weighted by atomic mass is 32.2. The van der Waals surface area contributed by atoms with Crippen molar-refractivity contribution < 1.29 is 17.4 Å².